The summed E-state index contributed by atoms with van der Waals surface area (Å²) in [5.41, 5.74) is 4.28. The first kappa shape index (κ1) is 25.8. The average molecular weight is 386 g/mol. The minimum absolute atomic E-state index is 0.00845. The number of H-pyrrole nitrogens is 1. The van der Waals surface area contributed by atoms with E-state index in [1.165, 1.54) is 17.5 Å². The fourth-order valence-electron chi connectivity index (χ4n) is 2.52. The van der Waals surface area contributed by atoms with Crippen LogP contribution in [0.25, 0.3) is 0 Å². The third-order valence-electron chi connectivity index (χ3n) is 4.61. The Kier molecular flexibility index (Phi) is 12.1. The quantitative estimate of drug-likeness (QED) is 0.650. The summed E-state index contributed by atoms with van der Waals surface area (Å²) in [6.45, 7) is 16.2. The lowest BCUT2D eigenvalue weighted by molar-refractivity contribution is -0.116. The summed E-state index contributed by atoms with van der Waals surface area (Å²) >= 11 is 0. The molecular weight excluding hydrogens is 346 g/mol. The van der Waals surface area contributed by atoms with Crippen molar-refractivity contribution in [1.82, 2.24) is 4.98 Å². The molecule has 1 aromatic heterocycles. The summed E-state index contributed by atoms with van der Waals surface area (Å²) < 4.78 is 0. The zero-order valence-corrected chi connectivity index (χ0v) is 19.1. The minimum atomic E-state index is 0.00845. The number of pyridine rings is 1. The van der Waals surface area contributed by atoms with Gasteiger partial charge >= 0.3 is 0 Å². The molecule has 2 aromatic rings. The van der Waals surface area contributed by atoms with Crippen molar-refractivity contribution in [3.8, 4) is 0 Å². The summed E-state index contributed by atoms with van der Waals surface area (Å²) in [5.74, 6) is 0.255. The van der Waals surface area contributed by atoms with Crippen molar-refractivity contribution in [2.24, 2.45) is 0 Å². The van der Waals surface area contributed by atoms with Gasteiger partial charge < -0.3 is 9.78 Å². The molecule has 0 radical (unpaired) electrons. The maximum absolute atomic E-state index is 12.3. The van der Waals surface area contributed by atoms with Gasteiger partial charge in [-0.15, -0.1) is 0 Å². The van der Waals surface area contributed by atoms with Crippen molar-refractivity contribution in [1.29, 1.82) is 0 Å². The first-order valence-electron chi connectivity index (χ1n) is 10.4. The van der Waals surface area contributed by atoms with Crippen LogP contribution in [0, 0.1) is 6.92 Å². The van der Waals surface area contributed by atoms with Crippen LogP contribution in [0.15, 0.2) is 41.2 Å². The Balaban J connectivity index is 0.000000777. The van der Waals surface area contributed by atoms with Crippen LogP contribution in [-0.4, -0.2) is 10.8 Å². The molecule has 28 heavy (non-hydrogen) atoms. The predicted molar refractivity (Wildman–Crippen MR) is 121 cm³/mol. The Bertz CT molecular complexity index is 758. The summed E-state index contributed by atoms with van der Waals surface area (Å²) in [6, 6.07) is 12.2. The number of carbonyl (C=O) groups excluding carboxylic acids is 1. The van der Waals surface area contributed by atoms with Gasteiger partial charge in [0, 0.05) is 29.5 Å². The number of hydrogen-bond acceptors (Lipinski definition) is 2. The average Bonchev–Trinajstić information content (AvgIpc) is 2.66. The van der Waals surface area contributed by atoms with Gasteiger partial charge in [-0.05, 0) is 37.5 Å². The molecule has 0 amide bonds. The lowest BCUT2D eigenvalue weighted by Gasteiger charge is -2.25. The smallest absolute Gasteiger partial charge is 0.251 e. The van der Waals surface area contributed by atoms with E-state index < -0.39 is 0 Å². The summed E-state index contributed by atoms with van der Waals surface area (Å²) in [6.07, 6.45) is 3.60. The largest absolute Gasteiger partial charge is 0.325 e. The van der Waals surface area contributed by atoms with Crippen LogP contribution in [-0.2, 0) is 16.6 Å². The normalized spacial score (nSPS) is 10.3. The van der Waals surface area contributed by atoms with Crippen molar-refractivity contribution in [3.63, 3.8) is 0 Å². The third kappa shape index (κ3) is 9.16. The molecule has 0 aliphatic heterocycles. The Hall–Kier alpha value is -2.16. The first-order chi connectivity index (χ1) is 13.1. The van der Waals surface area contributed by atoms with Gasteiger partial charge in [-0.2, -0.15) is 0 Å². The molecule has 0 bridgehead atoms. The highest BCUT2D eigenvalue weighted by Gasteiger charge is 2.22. The molecule has 3 heteroatoms. The van der Waals surface area contributed by atoms with Crippen molar-refractivity contribution < 1.29 is 4.79 Å². The highest BCUT2D eigenvalue weighted by Crippen LogP contribution is 2.27. The van der Waals surface area contributed by atoms with Gasteiger partial charge in [0.05, 0.1) is 0 Å². The molecule has 0 atom stereocenters. The standard InChI is InChI=1S/C18H23NO.C4H8O.C3H8/c1-5-18(3,4)16-13(2)11-15(17(20)19-16)12-14-9-7-6-8-10-14;1-3-4(2)5;1-3-2/h6-11H,5,12H2,1-4H3,(H,19,20);3H2,1-2H3;3H2,1-2H3. The van der Waals surface area contributed by atoms with Crippen molar-refractivity contribution >= 4 is 5.78 Å². The number of benzene rings is 1. The van der Waals surface area contributed by atoms with Crippen molar-refractivity contribution in [2.45, 2.75) is 86.5 Å². The van der Waals surface area contributed by atoms with Crippen LogP contribution in [0.4, 0.5) is 0 Å². The number of hydrogen-bond donors (Lipinski definition) is 1. The lowest BCUT2D eigenvalue weighted by atomic mass is 9.83. The highest BCUT2D eigenvalue weighted by atomic mass is 16.1. The number of aromatic amines is 1. The topological polar surface area (TPSA) is 49.9 Å². The van der Waals surface area contributed by atoms with E-state index in [9.17, 15) is 9.59 Å². The summed E-state index contributed by atoms with van der Waals surface area (Å²) in [4.78, 5) is 25.2. The molecule has 0 saturated heterocycles. The molecule has 0 fully saturated rings. The van der Waals surface area contributed by atoms with Gasteiger partial charge in [0.15, 0.2) is 0 Å². The molecule has 0 saturated carbocycles. The predicted octanol–water partition coefficient (Wildman–Crippen LogP) is 6.36. The third-order valence-corrected chi connectivity index (χ3v) is 4.61. The van der Waals surface area contributed by atoms with Gasteiger partial charge in [-0.3, -0.25) is 4.79 Å². The van der Waals surface area contributed by atoms with Gasteiger partial charge in [0.1, 0.15) is 5.78 Å². The Morgan fingerprint density at radius 1 is 1.04 bits per heavy atom. The van der Waals surface area contributed by atoms with E-state index in [0.717, 1.165) is 17.7 Å². The van der Waals surface area contributed by atoms with Crippen LogP contribution >= 0.6 is 0 Å². The molecule has 1 heterocycles. The molecule has 1 aromatic carbocycles. The van der Waals surface area contributed by atoms with E-state index in [-0.39, 0.29) is 16.8 Å². The van der Waals surface area contributed by atoms with E-state index in [1.54, 1.807) is 6.92 Å². The molecule has 1 N–H and O–H groups in total. The number of rotatable bonds is 5. The van der Waals surface area contributed by atoms with Crippen molar-refractivity contribution in [2.75, 3.05) is 0 Å². The van der Waals surface area contributed by atoms with Crippen molar-refractivity contribution in [3.05, 3.63) is 69.1 Å². The number of Topliss-reactive ketones (excluding diaryl/α,β-unsaturated/α-hetero) is 1. The zero-order chi connectivity index (χ0) is 21.7. The minimum Gasteiger partial charge on any atom is -0.325 e. The number of ketones is 1. The van der Waals surface area contributed by atoms with E-state index in [0.29, 0.717) is 12.8 Å². The van der Waals surface area contributed by atoms with E-state index in [2.05, 4.69) is 58.7 Å². The maximum Gasteiger partial charge on any atom is 0.251 e. The number of aromatic nitrogens is 1. The van der Waals surface area contributed by atoms with Crippen LogP contribution in [0.3, 0.4) is 0 Å². The molecule has 0 spiro atoms. The van der Waals surface area contributed by atoms with Gasteiger partial charge in [0.25, 0.3) is 5.56 Å². The fraction of sp³-hybridized carbons (Fsp3) is 0.520. The Morgan fingerprint density at radius 2 is 1.54 bits per heavy atom. The highest BCUT2D eigenvalue weighted by molar-refractivity contribution is 5.74. The van der Waals surface area contributed by atoms with Crippen LogP contribution in [0.5, 0.6) is 0 Å². The maximum atomic E-state index is 12.3. The molecular formula is C25H39NO2. The van der Waals surface area contributed by atoms with E-state index in [1.807, 2.05) is 31.2 Å². The second-order valence-corrected chi connectivity index (χ2v) is 7.84. The lowest BCUT2D eigenvalue weighted by Crippen LogP contribution is -2.25. The number of nitrogens with one attached hydrogen (secondary N) is 1. The molecule has 0 aliphatic carbocycles. The molecule has 2 rings (SSSR count). The van der Waals surface area contributed by atoms with E-state index >= 15 is 0 Å². The summed E-state index contributed by atoms with van der Waals surface area (Å²) in [7, 11) is 0. The van der Waals surface area contributed by atoms with Gasteiger partial charge in [0.2, 0.25) is 0 Å². The molecule has 156 valence electrons. The SMILES string of the molecule is CCC.CCC(C)(C)c1[nH]c(=O)c(Cc2ccccc2)cc1C.CCC(C)=O. The molecule has 3 nitrogen and oxygen atoms in total. The number of carbonyl (C=O) groups is 1. The van der Waals surface area contributed by atoms with Crippen LogP contribution in [0.2, 0.25) is 0 Å². The van der Waals surface area contributed by atoms with Crippen LogP contribution in [0.1, 0.15) is 90.1 Å². The molecule has 0 unspecified atom stereocenters. The fourth-order valence-corrected chi connectivity index (χ4v) is 2.52. The first-order valence-corrected chi connectivity index (χ1v) is 10.4. The molecule has 0 aliphatic rings. The Labute approximate surface area is 171 Å². The summed E-state index contributed by atoms with van der Waals surface area (Å²) in [5, 5.41) is 0. The van der Waals surface area contributed by atoms with E-state index in [4.69, 9.17) is 0 Å². The number of aryl methyl sites for hydroxylation is 1. The monoisotopic (exact) mass is 385 g/mol. The Morgan fingerprint density at radius 3 is 1.96 bits per heavy atom. The van der Waals surface area contributed by atoms with Gasteiger partial charge in [-0.25, -0.2) is 0 Å². The van der Waals surface area contributed by atoms with Crippen LogP contribution < -0.4 is 5.56 Å². The van der Waals surface area contributed by atoms with Gasteiger partial charge in [-0.1, -0.05) is 78.3 Å². The second kappa shape index (κ2) is 13.1. The second-order valence-electron chi connectivity index (χ2n) is 7.84. The zero-order valence-electron chi connectivity index (χ0n) is 19.1.